The maximum absolute atomic E-state index is 12.3. The van der Waals surface area contributed by atoms with Crippen molar-refractivity contribution in [2.45, 2.75) is 40.2 Å². The Labute approximate surface area is 179 Å². The van der Waals surface area contributed by atoms with Gasteiger partial charge < -0.3 is 16.0 Å². The van der Waals surface area contributed by atoms with Gasteiger partial charge in [0, 0.05) is 40.2 Å². The lowest BCUT2D eigenvalue weighted by atomic mass is 10.2. The molecule has 0 bridgehead atoms. The first-order valence-electron chi connectivity index (χ1n) is 9.57. The second kappa shape index (κ2) is 9.45. The fourth-order valence-corrected chi connectivity index (χ4v) is 3.73. The molecular weight excluding hydrogens is 398 g/mol. The SMILES string of the molecule is Cc1cc(Nc2cnc(NC(=O)NCc3sc(C(C)C)nc3C)cc2C=N)ccn1. The maximum atomic E-state index is 12.3. The normalized spacial score (nSPS) is 10.7. The Bertz CT molecular complexity index is 1060. The summed E-state index contributed by atoms with van der Waals surface area (Å²) in [6.07, 6.45) is 4.52. The van der Waals surface area contributed by atoms with Crippen molar-refractivity contribution < 1.29 is 4.79 Å². The Hall–Kier alpha value is -3.33. The molecule has 30 heavy (non-hydrogen) atoms. The van der Waals surface area contributed by atoms with Crippen molar-refractivity contribution >= 4 is 40.8 Å². The molecule has 0 saturated heterocycles. The van der Waals surface area contributed by atoms with Gasteiger partial charge in [-0.2, -0.15) is 0 Å². The summed E-state index contributed by atoms with van der Waals surface area (Å²) in [5, 5.41) is 17.5. The van der Waals surface area contributed by atoms with Gasteiger partial charge in [-0.05, 0) is 32.0 Å². The summed E-state index contributed by atoms with van der Waals surface area (Å²) in [6, 6.07) is 5.03. The van der Waals surface area contributed by atoms with Crippen molar-refractivity contribution in [1.29, 1.82) is 5.41 Å². The van der Waals surface area contributed by atoms with Gasteiger partial charge >= 0.3 is 6.03 Å². The summed E-state index contributed by atoms with van der Waals surface area (Å²) >= 11 is 1.61. The number of carbonyl (C=O) groups is 1. The number of thiazole rings is 1. The Balaban J connectivity index is 1.63. The van der Waals surface area contributed by atoms with E-state index in [4.69, 9.17) is 5.41 Å². The summed E-state index contributed by atoms with van der Waals surface area (Å²) in [7, 11) is 0. The third-order valence-electron chi connectivity index (χ3n) is 4.32. The average Bonchev–Trinajstić information content (AvgIpc) is 3.08. The molecule has 156 valence electrons. The Morgan fingerprint density at radius 1 is 1.27 bits per heavy atom. The number of hydrogen-bond donors (Lipinski definition) is 4. The Morgan fingerprint density at radius 2 is 2.07 bits per heavy atom. The first-order chi connectivity index (χ1) is 14.4. The molecule has 0 fully saturated rings. The largest absolute Gasteiger partial charge is 0.354 e. The number of aromatic nitrogens is 3. The average molecular weight is 424 g/mol. The fraction of sp³-hybridized carbons (Fsp3) is 0.286. The Kier molecular flexibility index (Phi) is 6.73. The second-order valence-corrected chi connectivity index (χ2v) is 8.25. The van der Waals surface area contributed by atoms with Crippen molar-refractivity contribution in [2.24, 2.45) is 0 Å². The third-order valence-corrected chi connectivity index (χ3v) is 5.78. The molecular formula is C21H25N7OS. The van der Waals surface area contributed by atoms with E-state index < -0.39 is 0 Å². The molecule has 3 aromatic rings. The maximum Gasteiger partial charge on any atom is 0.320 e. The second-order valence-electron chi connectivity index (χ2n) is 7.14. The smallest absolute Gasteiger partial charge is 0.320 e. The molecule has 3 heterocycles. The number of anilines is 3. The highest BCUT2D eigenvalue weighted by molar-refractivity contribution is 7.11. The molecule has 0 saturated carbocycles. The number of rotatable bonds is 7. The molecule has 4 N–H and O–H groups in total. The molecule has 0 radical (unpaired) electrons. The van der Waals surface area contributed by atoms with E-state index in [-0.39, 0.29) is 6.03 Å². The van der Waals surface area contributed by atoms with Gasteiger partial charge in [0.2, 0.25) is 0 Å². The van der Waals surface area contributed by atoms with Crippen LogP contribution in [0.5, 0.6) is 0 Å². The van der Waals surface area contributed by atoms with E-state index in [1.165, 1.54) is 6.21 Å². The number of amides is 2. The van der Waals surface area contributed by atoms with Gasteiger partial charge in [0.15, 0.2) is 0 Å². The van der Waals surface area contributed by atoms with Crippen molar-refractivity contribution in [1.82, 2.24) is 20.3 Å². The zero-order valence-electron chi connectivity index (χ0n) is 17.4. The van der Waals surface area contributed by atoms with Gasteiger partial charge in [-0.25, -0.2) is 14.8 Å². The van der Waals surface area contributed by atoms with E-state index in [0.717, 1.165) is 27.0 Å². The quantitative estimate of drug-likeness (QED) is 0.410. The van der Waals surface area contributed by atoms with Crippen LogP contribution in [0.15, 0.2) is 30.6 Å². The molecule has 0 aliphatic rings. The number of carbonyl (C=O) groups excluding carboxylic acids is 1. The Morgan fingerprint density at radius 3 is 2.73 bits per heavy atom. The van der Waals surface area contributed by atoms with E-state index in [1.807, 2.05) is 26.0 Å². The first kappa shape index (κ1) is 21.4. The highest BCUT2D eigenvalue weighted by Gasteiger charge is 2.12. The van der Waals surface area contributed by atoms with Crippen LogP contribution in [0.2, 0.25) is 0 Å². The monoisotopic (exact) mass is 423 g/mol. The topological polar surface area (TPSA) is 116 Å². The lowest BCUT2D eigenvalue weighted by Gasteiger charge is -2.12. The summed E-state index contributed by atoms with van der Waals surface area (Å²) in [5.74, 6) is 0.731. The van der Waals surface area contributed by atoms with Crippen LogP contribution >= 0.6 is 11.3 Å². The van der Waals surface area contributed by atoms with Crippen LogP contribution in [0.3, 0.4) is 0 Å². The van der Waals surface area contributed by atoms with E-state index in [0.29, 0.717) is 29.5 Å². The molecule has 0 spiro atoms. The standard InChI is InChI=1S/C21H25N7OS/c1-12(2)20-26-14(4)18(30-20)11-25-21(29)28-19-8-15(9-22)17(10-24-19)27-16-5-6-23-13(3)7-16/h5-10,12,22H,11H2,1-4H3,(H,23,27)(H2,24,25,28,29). The van der Waals surface area contributed by atoms with E-state index in [9.17, 15) is 4.79 Å². The van der Waals surface area contributed by atoms with E-state index >= 15 is 0 Å². The van der Waals surface area contributed by atoms with Gasteiger partial charge in [-0.1, -0.05) is 13.8 Å². The van der Waals surface area contributed by atoms with Crippen molar-refractivity contribution in [2.75, 3.05) is 10.6 Å². The molecule has 0 aromatic carbocycles. The predicted molar refractivity (Wildman–Crippen MR) is 121 cm³/mol. The van der Waals surface area contributed by atoms with Crippen molar-refractivity contribution in [3.05, 3.63) is 57.4 Å². The molecule has 0 atom stereocenters. The molecule has 2 amide bonds. The van der Waals surface area contributed by atoms with Gasteiger partial charge in [-0.15, -0.1) is 11.3 Å². The molecule has 3 aromatic heterocycles. The minimum Gasteiger partial charge on any atom is -0.354 e. The minimum absolute atomic E-state index is 0.359. The van der Waals surface area contributed by atoms with Crippen LogP contribution in [-0.4, -0.2) is 27.2 Å². The van der Waals surface area contributed by atoms with Crippen LogP contribution in [0.1, 0.15) is 46.6 Å². The summed E-state index contributed by atoms with van der Waals surface area (Å²) in [4.78, 5) is 26.3. The molecule has 0 unspecified atom stereocenters. The van der Waals surface area contributed by atoms with Gasteiger partial charge in [0.25, 0.3) is 0 Å². The van der Waals surface area contributed by atoms with E-state index in [2.05, 4.69) is 44.7 Å². The number of nitrogens with one attached hydrogen (secondary N) is 4. The molecule has 8 nitrogen and oxygen atoms in total. The van der Waals surface area contributed by atoms with Crippen LogP contribution < -0.4 is 16.0 Å². The zero-order chi connectivity index (χ0) is 21.7. The number of aryl methyl sites for hydroxylation is 2. The van der Waals surface area contributed by atoms with Crippen molar-refractivity contribution in [3.8, 4) is 0 Å². The van der Waals surface area contributed by atoms with Crippen LogP contribution in [0.4, 0.5) is 22.0 Å². The molecule has 0 aliphatic carbocycles. The summed E-state index contributed by atoms with van der Waals surface area (Å²) in [6.45, 7) is 8.46. The predicted octanol–water partition coefficient (Wildman–Crippen LogP) is 4.74. The highest BCUT2D eigenvalue weighted by Crippen LogP contribution is 2.24. The number of hydrogen-bond acceptors (Lipinski definition) is 7. The lowest BCUT2D eigenvalue weighted by Crippen LogP contribution is -2.28. The molecule has 3 rings (SSSR count). The minimum atomic E-state index is -0.359. The van der Waals surface area contributed by atoms with Gasteiger partial charge in [-0.3, -0.25) is 10.3 Å². The number of urea groups is 1. The molecule has 0 aliphatic heterocycles. The number of nitrogens with zero attached hydrogens (tertiary/aromatic N) is 3. The van der Waals surface area contributed by atoms with Crippen LogP contribution in [0, 0.1) is 19.3 Å². The van der Waals surface area contributed by atoms with E-state index in [1.54, 1.807) is 29.8 Å². The molecule has 9 heteroatoms. The zero-order valence-corrected chi connectivity index (χ0v) is 18.2. The summed E-state index contributed by atoms with van der Waals surface area (Å²) < 4.78 is 0. The lowest BCUT2D eigenvalue weighted by molar-refractivity contribution is 0.251. The number of pyridine rings is 2. The van der Waals surface area contributed by atoms with Crippen LogP contribution in [-0.2, 0) is 6.54 Å². The third kappa shape index (κ3) is 5.38. The van der Waals surface area contributed by atoms with Gasteiger partial charge in [0.1, 0.15) is 5.82 Å². The van der Waals surface area contributed by atoms with Gasteiger partial charge in [0.05, 0.1) is 29.1 Å². The highest BCUT2D eigenvalue weighted by atomic mass is 32.1. The summed E-state index contributed by atoms with van der Waals surface area (Å²) in [5.41, 5.74) is 3.95. The first-order valence-corrected chi connectivity index (χ1v) is 10.4. The fourth-order valence-electron chi connectivity index (χ4n) is 2.72. The van der Waals surface area contributed by atoms with Crippen LogP contribution in [0.25, 0.3) is 0 Å². The van der Waals surface area contributed by atoms with Crippen molar-refractivity contribution in [3.63, 3.8) is 0 Å².